The zero-order chi connectivity index (χ0) is 26.3. The van der Waals surface area contributed by atoms with Crippen molar-refractivity contribution >= 4 is 34.6 Å². The van der Waals surface area contributed by atoms with Gasteiger partial charge in [0.15, 0.2) is 6.61 Å². The highest BCUT2D eigenvalue weighted by molar-refractivity contribution is 6.31. The quantitative estimate of drug-likeness (QED) is 0.181. The van der Waals surface area contributed by atoms with Crippen LogP contribution in [0.2, 0.25) is 5.02 Å². The van der Waals surface area contributed by atoms with Crippen molar-refractivity contribution in [3.05, 3.63) is 114 Å². The average Bonchev–Trinajstić information content (AvgIpc) is 2.96. The van der Waals surface area contributed by atoms with E-state index in [0.717, 1.165) is 38.9 Å². The number of aromatic nitrogens is 1. The predicted octanol–water partition coefficient (Wildman–Crippen LogP) is 6.76. The topological polar surface area (TPSA) is 72.8 Å². The molecule has 0 aliphatic heterocycles. The lowest BCUT2D eigenvalue weighted by atomic mass is 9.98. The van der Waals surface area contributed by atoms with Crippen LogP contribution in [0.3, 0.4) is 0 Å². The maximum Gasteiger partial charge on any atom is 0.277 e. The maximum atomic E-state index is 12.2. The van der Waals surface area contributed by atoms with Gasteiger partial charge in [0.2, 0.25) is 0 Å². The molecule has 0 aliphatic carbocycles. The van der Waals surface area contributed by atoms with E-state index in [0.29, 0.717) is 16.5 Å². The number of para-hydroxylation sites is 1. The molecule has 38 heavy (non-hydrogen) atoms. The van der Waals surface area contributed by atoms with Crippen LogP contribution in [0.5, 0.6) is 11.5 Å². The average molecular weight is 522 g/mol. The Balaban J connectivity index is 1.28. The summed E-state index contributed by atoms with van der Waals surface area (Å²) in [5.41, 5.74) is 7.97. The normalized spacial score (nSPS) is 11.0. The van der Waals surface area contributed by atoms with E-state index in [2.05, 4.69) is 28.7 Å². The Morgan fingerprint density at radius 1 is 0.921 bits per heavy atom. The Morgan fingerprint density at radius 2 is 1.68 bits per heavy atom. The van der Waals surface area contributed by atoms with Crippen LogP contribution in [-0.4, -0.2) is 30.8 Å². The Labute approximate surface area is 225 Å². The number of halogens is 1. The minimum absolute atomic E-state index is 0.171. The van der Waals surface area contributed by atoms with Gasteiger partial charge in [-0.2, -0.15) is 5.10 Å². The van der Waals surface area contributed by atoms with Gasteiger partial charge < -0.3 is 9.47 Å². The number of ether oxygens (including phenoxy) is 2. The molecule has 0 saturated carbocycles. The number of fused-ring (bicyclic) bond motifs is 1. The molecule has 0 fully saturated rings. The third-order valence-corrected chi connectivity index (χ3v) is 6.14. The first-order valence-electron chi connectivity index (χ1n) is 11.9. The fourth-order valence-electron chi connectivity index (χ4n) is 4.05. The Morgan fingerprint density at radius 3 is 2.47 bits per heavy atom. The van der Waals surface area contributed by atoms with Gasteiger partial charge in [0.25, 0.3) is 5.91 Å². The van der Waals surface area contributed by atoms with Crippen molar-refractivity contribution in [1.29, 1.82) is 0 Å². The molecule has 0 unspecified atom stereocenters. The lowest BCUT2D eigenvalue weighted by Gasteiger charge is -2.11. The third kappa shape index (κ3) is 5.82. The molecule has 1 aromatic heterocycles. The molecule has 0 saturated heterocycles. The molecule has 0 radical (unpaired) electrons. The van der Waals surface area contributed by atoms with Gasteiger partial charge in [0.05, 0.1) is 24.5 Å². The van der Waals surface area contributed by atoms with E-state index in [9.17, 15) is 4.79 Å². The molecule has 7 heteroatoms. The highest BCUT2D eigenvalue weighted by atomic mass is 35.5. The number of amides is 1. The fraction of sp³-hybridized carbons (Fsp3) is 0.0645. The summed E-state index contributed by atoms with van der Waals surface area (Å²) in [6, 6.07) is 32.8. The summed E-state index contributed by atoms with van der Waals surface area (Å²) in [5.74, 6) is 0.860. The van der Waals surface area contributed by atoms with E-state index < -0.39 is 0 Å². The highest BCUT2D eigenvalue weighted by Crippen LogP contribution is 2.33. The number of carbonyl (C=O) groups excluding carboxylic acids is 1. The van der Waals surface area contributed by atoms with Crippen LogP contribution in [0.1, 0.15) is 5.56 Å². The standard InChI is InChI=1S/C31H24ClN3O3/c1-37-30-10-6-5-9-23(30)19-33-35-31(36)20-38-25-14-11-22(12-15-25)29-18-26(21-7-3-2-4-8-21)27-17-24(32)13-16-28(27)34-29/h2-19H,20H2,1H3,(H,35,36)/b33-19+. The number of benzene rings is 4. The van der Waals surface area contributed by atoms with Gasteiger partial charge in [0, 0.05) is 21.5 Å². The van der Waals surface area contributed by atoms with Crippen LogP contribution in [0.25, 0.3) is 33.3 Å². The second-order valence-electron chi connectivity index (χ2n) is 8.43. The number of carbonyl (C=O) groups is 1. The van der Waals surface area contributed by atoms with Gasteiger partial charge in [-0.15, -0.1) is 0 Å². The number of hydrogen-bond acceptors (Lipinski definition) is 5. The summed E-state index contributed by atoms with van der Waals surface area (Å²) in [7, 11) is 1.58. The predicted molar refractivity (Wildman–Crippen MR) is 152 cm³/mol. The number of hydrogen-bond donors (Lipinski definition) is 1. The van der Waals surface area contributed by atoms with Gasteiger partial charge in [0.1, 0.15) is 11.5 Å². The van der Waals surface area contributed by atoms with E-state index in [1.165, 1.54) is 6.21 Å². The van der Waals surface area contributed by atoms with Crippen LogP contribution < -0.4 is 14.9 Å². The number of pyridine rings is 1. The lowest BCUT2D eigenvalue weighted by molar-refractivity contribution is -0.123. The van der Waals surface area contributed by atoms with E-state index in [1.807, 2.05) is 84.9 Å². The van der Waals surface area contributed by atoms with Crippen molar-refractivity contribution in [2.24, 2.45) is 5.10 Å². The fourth-order valence-corrected chi connectivity index (χ4v) is 4.22. The third-order valence-electron chi connectivity index (χ3n) is 5.91. The van der Waals surface area contributed by atoms with Gasteiger partial charge in [-0.05, 0) is 71.8 Å². The molecule has 5 rings (SSSR count). The van der Waals surface area contributed by atoms with Crippen molar-refractivity contribution in [3.8, 4) is 33.9 Å². The molecule has 1 amide bonds. The second-order valence-corrected chi connectivity index (χ2v) is 8.87. The minimum Gasteiger partial charge on any atom is -0.496 e. The van der Waals surface area contributed by atoms with Crippen LogP contribution in [0.4, 0.5) is 0 Å². The maximum absolute atomic E-state index is 12.2. The van der Waals surface area contributed by atoms with Gasteiger partial charge in [-0.1, -0.05) is 54.1 Å². The number of methoxy groups -OCH3 is 1. The summed E-state index contributed by atoms with van der Waals surface area (Å²) < 4.78 is 10.9. The first kappa shape index (κ1) is 25.0. The number of hydrazone groups is 1. The number of nitrogens with zero attached hydrogens (tertiary/aromatic N) is 2. The van der Waals surface area contributed by atoms with E-state index in [4.69, 9.17) is 26.1 Å². The van der Waals surface area contributed by atoms with Crippen molar-refractivity contribution in [3.63, 3.8) is 0 Å². The van der Waals surface area contributed by atoms with Crippen molar-refractivity contribution < 1.29 is 14.3 Å². The van der Waals surface area contributed by atoms with Gasteiger partial charge >= 0.3 is 0 Å². The first-order valence-corrected chi connectivity index (χ1v) is 12.3. The smallest absolute Gasteiger partial charge is 0.277 e. The number of nitrogens with one attached hydrogen (secondary N) is 1. The largest absolute Gasteiger partial charge is 0.496 e. The Hall–Kier alpha value is -4.68. The highest BCUT2D eigenvalue weighted by Gasteiger charge is 2.11. The molecule has 5 aromatic rings. The molecule has 1 N–H and O–H groups in total. The summed E-state index contributed by atoms with van der Waals surface area (Å²) in [6.07, 6.45) is 1.53. The monoisotopic (exact) mass is 521 g/mol. The summed E-state index contributed by atoms with van der Waals surface area (Å²) in [4.78, 5) is 17.0. The second kappa shape index (κ2) is 11.6. The molecular weight excluding hydrogens is 498 g/mol. The Bertz CT molecular complexity index is 1600. The SMILES string of the molecule is COc1ccccc1/C=N/NC(=O)COc1ccc(-c2cc(-c3ccccc3)c3cc(Cl)ccc3n2)cc1. The molecular formula is C31H24ClN3O3. The Kier molecular flexibility index (Phi) is 7.62. The van der Waals surface area contributed by atoms with Crippen molar-refractivity contribution in [2.45, 2.75) is 0 Å². The molecule has 4 aromatic carbocycles. The van der Waals surface area contributed by atoms with Crippen LogP contribution in [0, 0.1) is 0 Å². The van der Waals surface area contributed by atoms with E-state index >= 15 is 0 Å². The summed E-state index contributed by atoms with van der Waals surface area (Å²) in [6.45, 7) is -0.171. The lowest BCUT2D eigenvalue weighted by Crippen LogP contribution is -2.24. The van der Waals surface area contributed by atoms with Crippen LogP contribution >= 0.6 is 11.6 Å². The summed E-state index contributed by atoms with van der Waals surface area (Å²) in [5, 5.41) is 5.64. The molecule has 1 heterocycles. The van der Waals surface area contributed by atoms with Crippen LogP contribution in [-0.2, 0) is 4.79 Å². The molecule has 0 bridgehead atoms. The molecule has 0 atom stereocenters. The van der Waals surface area contributed by atoms with Crippen LogP contribution in [0.15, 0.2) is 108 Å². The van der Waals surface area contributed by atoms with E-state index in [1.54, 1.807) is 7.11 Å². The first-order chi connectivity index (χ1) is 18.6. The zero-order valence-corrected chi connectivity index (χ0v) is 21.4. The van der Waals surface area contributed by atoms with Gasteiger partial charge in [-0.3, -0.25) is 4.79 Å². The number of rotatable bonds is 8. The van der Waals surface area contributed by atoms with Gasteiger partial charge in [-0.25, -0.2) is 10.4 Å². The van der Waals surface area contributed by atoms with Crippen molar-refractivity contribution in [1.82, 2.24) is 10.4 Å². The molecule has 6 nitrogen and oxygen atoms in total. The molecule has 188 valence electrons. The minimum atomic E-state index is -0.373. The van der Waals surface area contributed by atoms with E-state index in [-0.39, 0.29) is 12.5 Å². The zero-order valence-electron chi connectivity index (χ0n) is 20.6. The molecule has 0 spiro atoms. The molecule has 0 aliphatic rings. The van der Waals surface area contributed by atoms with Crippen molar-refractivity contribution in [2.75, 3.05) is 13.7 Å². The summed E-state index contributed by atoms with van der Waals surface area (Å²) >= 11 is 6.29.